The molecule has 0 radical (unpaired) electrons. The molecular formula is C63H113N9O26. The number of nitrogens with one attached hydrogen (secondary N) is 9. The molecule has 98 heavy (non-hydrogen) atoms. The molecule has 566 valence electrons. The lowest BCUT2D eigenvalue weighted by Gasteiger charge is -2.42. The standard InChI is InChI=1S/C63H113N9O26/c1-39(64-21-12-22-65-46(79)15-6-9-27-93-60-51(70-40(2)76)57(87)54(84)43(33-73)96-60)18-30-90-36-63(5,37-91-31-19-49(82)68-25-13-23-66-47(80)16-7-10-28-94-61-52(71-41(3)77)58(88)55(85)44(34-74)97-61)38-92-32-20-50(83)69-26-14-24-67-48(81)17-8-11-29-95-62-53(72-42(4)78)59(89)56(86)45(35-75)98-62/h43-45,51-62,64,73-75,84-89H,1,6-38H2,2-5H3,(H,65,79)(H,66,80)(H,67,81)(H,68,82)(H,69,83)(H,70,76)(H,71,77)(H,72,78)/t43?,44?,45?,51-,52-,53?,54?,55?,56?,57?,58?,59?,60?,61?,62?,63?/m0/s1. The fourth-order valence-corrected chi connectivity index (χ4v) is 10.4. The van der Waals surface area contributed by atoms with Gasteiger partial charge in [0, 0.05) is 129 Å². The largest absolute Gasteiger partial charge is 0.394 e. The molecule has 3 saturated heterocycles. The van der Waals surface area contributed by atoms with Gasteiger partial charge >= 0.3 is 0 Å². The number of amides is 8. The molecule has 3 heterocycles. The van der Waals surface area contributed by atoms with Crippen LogP contribution in [0.4, 0.5) is 0 Å². The highest BCUT2D eigenvalue weighted by Gasteiger charge is 2.48. The van der Waals surface area contributed by atoms with Crippen molar-refractivity contribution in [2.24, 2.45) is 5.41 Å². The van der Waals surface area contributed by atoms with Crippen LogP contribution in [-0.4, -0.2) is 304 Å². The zero-order valence-corrected chi connectivity index (χ0v) is 57.2. The fourth-order valence-electron chi connectivity index (χ4n) is 10.4. The van der Waals surface area contributed by atoms with Crippen LogP contribution in [0.2, 0.25) is 0 Å². The molecule has 0 aliphatic carbocycles. The first kappa shape index (κ1) is 86.8. The highest BCUT2D eigenvalue weighted by Crippen LogP contribution is 2.26. The van der Waals surface area contributed by atoms with Crippen molar-refractivity contribution >= 4 is 47.3 Å². The van der Waals surface area contributed by atoms with Gasteiger partial charge in [-0.2, -0.15) is 0 Å². The lowest BCUT2D eigenvalue weighted by Crippen LogP contribution is -2.64. The monoisotopic (exact) mass is 1410 g/mol. The second-order valence-electron chi connectivity index (χ2n) is 24.8. The second kappa shape index (κ2) is 49.2. The minimum atomic E-state index is -1.43. The molecule has 16 atom stereocenters. The summed E-state index contributed by atoms with van der Waals surface area (Å²) < 4.78 is 51.7. The molecule has 8 amide bonds. The van der Waals surface area contributed by atoms with Crippen molar-refractivity contribution in [3.8, 4) is 0 Å². The predicted octanol–water partition coefficient (Wildman–Crippen LogP) is -5.54. The molecule has 3 rings (SSSR count). The Bertz CT molecular complexity index is 2110. The molecule has 3 aliphatic heterocycles. The Balaban J connectivity index is 1.34. The Hall–Kier alpha value is -5.42. The average molecular weight is 1410 g/mol. The van der Waals surface area contributed by atoms with E-state index in [9.17, 15) is 84.3 Å². The molecule has 14 unspecified atom stereocenters. The van der Waals surface area contributed by atoms with Gasteiger partial charge in [-0.25, -0.2) is 0 Å². The molecule has 0 saturated carbocycles. The second-order valence-corrected chi connectivity index (χ2v) is 24.8. The molecule has 35 nitrogen and oxygen atoms in total. The van der Waals surface area contributed by atoms with Gasteiger partial charge in [-0.3, -0.25) is 38.4 Å². The van der Waals surface area contributed by atoms with Crippen LogP contribution >= 0.6 is 0 Å². The summed E-state index contributed by atoms with van der Waals surface area (Å²) in [4.78, 5) is 97.8. The van der Waals surface area contributed by atoms with Gasteiger partial charge in [-0.15, -0.1) is 0 Å². The van der Waals surface area contributed by atoms with E-state index >= 15 is 0 Å². The van der Waals surface area contributed by atoms with E-state index in [1.54, 1.807) is 0 Å². The Morgan fingerprint density at radius 2 is 0.633 bits per heavy atom. The Morgan fingerprint density at radius 1 is 0.367 bits per heavy atom. The number of ether oxygens (including phenoxy) is 9. The van der Waals surface area contributed by atoms with Crippen LogP contribution in [0.25, 0.3) is 0 Å². The number of carbonyl (C=O) groups is 8. The van der Waals surface area contributed by atoms with Crippen molar-refractivity contribution in [1.29, 1.82) is 0 Å². The molecule has 18 N–H and O–H groups in total. The van der Waals surface area contributed by atoms with Gasteiger partial charge in [0.25, 0.3) is 0 Å². The zero-order chi connectivity index (χ0) is 72.4. The van der Waals surface area contributed by atoms with E-state index in [4.69, 9.17) is 42.6 Å². The minimum absolute atomic E-state index is 0.0515. The Labute approximate surface area is 572 Å². The summed E-state index contributed by atoms with van der Waals surface area (Å²) in [5.41, 5.74) is 0.00398. The van der Waals surface area contributed by atoms with Gasteiger partial charge in [0.2, 0.25) is 47.3 Å². The van der Waals surface area contributed by atoms with Crippen LogP contribution < -0.4 is 47.9 Å². The fraction of sp³-hybridized carbons (Fsp3) is 0.841. The quantitative estimate of drug-likeness (QED) is 0.0253. The molecule has 3 fully saturated rings. The molecule has 35 heteroatoms. The number of hydrogen-bond donors (Lipinski definition) is 18. The highest BCUT2D eigenvalue weighted by molar-refractivity contribution is 5.78. The summed E-state index contributed by atoms with van der Waals surface area (Å²) in [6, 6.07) is -3.18. The minimum Gasteiger partial charge on any atom is -0.394 e. The van der Waals surface area contributed by atoms with Gasteiger partial charge < -0.3 is 136 Å². The molecule has 0 bridgehead atoms. The zero-order valence-electron chi connectivity index (χ0n) is 57.2. The summed E-state index contributed by atoms with van der Waals surface area (Å²) in [7, 11) is 0. The third-order valence-corrected chi connectivity index (χ3v) is 15.9. The Morgan fingerprint density at radius 3 is 0.908 bits per heavy atom. The predicted molar refractivity (Wildman–Crippen MR) is 346 cm³/mol. The van der Waals surface area contributed by atoms with Crippen molar-refractivity contribution in [2.75, 3.05) is 119 Å². The van der Waals surface area contributed by atoms with E-state index in [2.05, 4.69) is 54.4 Å². The Kier molecular flexibility index (Phi) is 43.6. The third-order valence-electron chi connectivity index (χ3n) is 15.9. The molecule has 0 spiro atoms. The maximum atomic E-state index is 12.7. The van der Waals surface area contributed by atoms with Crippen LogP contribution in [-0.2, 0) is 81.0 Å². The molecule has 0 aromatic carbocycles. The summed E-state index contributed by atoms with van der Waals surface area (Å²) in [6.07, 6.45) is -9.84. The summed E-state index contributed by atoms with van der Waals surface area (Å²) in [5, 5.41) is 115. The highest BCUT2D eigenvalue weighted by atomic mass is 16.7. The maximum absolute atomic E-state index is 12.7. The normalized spacial score (nSPS) is 26.0. The summed E-state index contributed by atoms with van der Waals surface area (Å²) in [5.74, 6) is -2.49. The molecular weight excluding hydrogens is 1300 g/mol. The van der Waals surface area contributed by atoms with E-state index in [-0.39, 0.29) is 114 Å². The summed E-state index contributed by atoms with van der Waals surface area (Å²) in [6.45, 7) is 11.4. The van der Waals surface area contributed by atoms with Crippen molar-refractivity contribution in [3.63, 3.8) is 0 Å². The molecule has 3 aliphatic rings. The van der Waals surface area contributed by atoms with Crippen LogP contribution in [0.5, 0.6) is 0 Å². The van der Waals surface area contributed by atoms with Crippen LogP contribution in [0.15, 0.2) is 12.3 Å². The van der Waals surface area contributed by atoms with Crippen molar-refractivity contribution in [2.45, 2.75) is 216 Å². The SMILES string of the molecule is C=C(CCOCC(C)(COCCC(=O)NCCCNC(=O)CCCCOC1OC(CO)C(O)C(O)C1NC(C)=O)COCCC(=O)NCCCNC(=O)CCCCOC1OC(CO)C(O)C(O)[C@@H]1NC(C)=O)NCCCNC(=O)CCCCOC1OC(CO)C(O)C(O)[C@@H]1NC(C)=O. The molecule has 0 aromatic heterocycles. The number of aliphatic hydroxyl groups excluding tert-OH is 9. The van der Waals surface area contributed by atoms with Crippen LogP contribution in [0.3, 0.4) is 0 Å². The first-order chi connectivity index (χ1) is 46.8. The van der Waals surface area contributed by atoms with Gasteiger partial charge in [0.05, 0.1) is 59.5 Å². The lowest BCUT2D eigenvalue weighted by atomic mass is 9.94. The van der Waals surface area contributed by atoms with Gasteiger partial charge in [-0.1, -0.05) is 13.5 Å². The van der Waals surface area contributed by atoms with Crippen LogP contribution in [0, 0.1) is 5.41 Å². The smallest absolute Gasteiger partial charge is 0.222 e. The average Bonchev–Trinajstić information content (AvgIpc) is 0.825. The van der Waals surface area contributed by atoms with Gasteiger partial charge in [0.15, 0.2) is 18.9 Å². The van der Waals surface area contributed by atoms with Crippen molar-refractivity contribution in [1.82, 2.24) is 47.9 Å². The summed E-state index contributed by atoms with van der Waals surface area (Å²) >= 11 is 0. The number of aliphatic hydroxyl groups is 9. The van der Waals surface area contributed by atoms with E-state index in [0.717, 1.165) is 0 Å². The maximum Gasteiger partial charge on any atom is 0.222 e. The van der Waals surface area contributed by atoms with E-state index < -0.39 is 135 Å². The van der Waals surface area contributed by atoms with E-state index in [0.29, 0.717) is 116 Å². The van der Waals surface area contributed by atoms with E-state index in [1.165, 1.54) is 20.8 Å². The van der Waals surface area contributed by atoms with Crippen molar-refractivity contribution < 1.29 is 127 Å². The third kappa shape index (κ3) is 34.8. The number of carbonyl (C=O) groups excluding carboxylic acids is 8. The van der Waals surface area contributed by atoms with Crippen LogP contribution in [0.1, 0.15) is 124 Å². The van der Waals surface area contributed by atoms with Crippen molar-refractivity contribution in [3.05, 3.63) is 12.3 Å². The van der Waals surface area contributed by atoms with Gasteiger partial charge in [0.1, 0.15) is 73.1 Å². The number of hydrogen-bond acceptors (Lipinski definition) is 27. The van der Waals surface area contributed by atoms with E-state index in [1.807, 2.05) is 6.92 Å². The number of rotatable bonds is 52. The van der Waals surface area contributed by atoms with Gasteiger partial charge in [-0.05, 0) is 57.8 Å². The molecule has 0 aromatic rings. The first-order valence-electron chi connectivity index (χ1n) is 33.8. The topological polar surface area (TPSA) is 510 Å². The number of unbranched alkanes of at least 4 members (excludes halogenated alkanes) is 3. The first-order valence-corrected chi connectivity index (χ1v) is 33.8. The lowest BCUT2D eigenvalue weighted by molar-refractivity contribution is -0.270.